The number of nitrogens with zero attached hydrogens (tertiary/aromatic N) is 3. The molecule has 2 heterocycles. The number of amides is 8. The summed E-state index contributed by atoms with van der Waals surface area (Å²) in [5, 5.41) is 39.7. The van der Waals surface area contributed by atoms with Crippen LogP contribution >= 0.6 is 0 Å². The fraction of sp³-hybridized carbons (Fsp3) is 0.491. The Morgan fingerprint density at radius 1 is 0.744 bits per heavy atom. The van der Waals surface area contributed by atoms with Crippen LogP contribution < -0.4 is 32.3 Å². The molecule has 2 aromatic carbocycles. The first-order valence-corrected chi connectivity index (χ1v) is 26.2. The summed E-state index contributed by atoms with van der Waals surface area (Å²) >= 11 is 0. The number of hydrogen-bond donors (Lipinski definition) is 9. The highest BCUT2D eigenvalue weighted by Crippen LogP contribution is 2.41. The van der Waals surface area contributed by atoms with E-state index in [2.05, 4.69) is 26.6 Å². The first kappa shape index (κ1) is 68.2. The largest absolute Gasteiger partial charge is 0.490 e. The number of carbonyl (C=O) groups excluding carboxylic acids is 8. The second-order valence-electron chi connectivity index (χ2n) is 20.7. The summed E-state index contributed by atoms with van der Waals surface area (Å²) < 4.78 is 63.1. The molecule has 10 N–H and O–H groups in total. The molecule has 1 aliphatic rings. The van der Waals surface area contributed by atoms with Gasteiger partial charge in [-0.3, -0.25) is 43.3 Å². The highest BCUT2D eigenvalue weighted by Gasteiger charge is 2.39. The van der Waals surface area contributed by atoms with Crippen molar-refractivity contribution in [3.63, 3.8) is 0 Å². The maximum absolute atomic E-state index is 15.1. The quantitative estimate of drug-likeness (QED) is 0.0273. The number of halogens is 5. The molecule has 22 nitrogen and oxygen atoms in total. The Labute approximate surface area is 470 Å². The van der Waals surface area contributed by atoms with Gasteiger partial charge in [-0.1, -0.05) is 71.4 Å². The summed E-state index contributed by atoms with van der Waals surface area (Å²) in [4.78, 5) is 125. The zero-order valence-corrected chi connectivity index (χ0v) is 46.3. The minimum Gasteiger partial charge on any atom is -0.480 e. The molecule has 27 heteroatoms. The van der Waals surface area contributed by atoms with Crippen molar-refractivity contribution >= 4 is 59.2 Å². The van der Waals surface area contributed by atoms with Crippen LogP contribution in [0, 0.1) is 23.0 Å². The first-order valence-electron chi connectivity index (χ1n) is 26.2. The molecule has 0 aliphatic carbocycles. The Bertz CT molecular complexity index is 2750. The van der Waals surface area contributed by atoms with Gasteiger partial charge in [0.05, 0.1) is 12.1 Å². The number of rotatable bonds is 29. The molecule has 0 saturated heterocycles. The van der Waals surface area contributed by atoms with Gasteiger partial charge in [0.1, 0.15) is 36.4 Å². The van der Waals surface area contributed by atoms with Crippen LogP contribution in [0.3, 0.4) is 0 Å². The monoisotopic (exact) mass is 1160 g/mol. The molecule has 0 radical (unpaired) electrons. The third-order valence-electron chi connectivity index (χ3n) is 12.7. The van der Waals surface area contributed by atoms with Gasteiger partial charge in [0.15, 0.2) is 0 Å². The number of unbranched alkanes of at least 4 members (excludes halogenated alkanes) is 2. The third kappa shape index (κ3) is 21.8. The van der Waals surface area contributed by atoms with Gasteiger partial charge in [-0.25, -0.2) is 18.4 Å². The number of carboxylic acids is 2. The molecular formula is C55H72F5N9O13. The van der Waals surface area contributed by atoms with E-state index in [4.69, 9.17) is 15.6 Å². The molecule has 1 aliphatic heterocycles. The molecular weight excluding hydrogens is 1090 g/mol. The Hall–Kier alpha value is -8.07. The van der Waals surface area contributed by atoms with Gasteiger partial charge in [-0.15, -0.1) is 0 Å². The van der Waals surface area contributed by atoms with E-state index in [1.165, 1.54) is 24.0 Å². The smallest absolute Gasteiger partial charge is 0.480 e. The number of aliphatic hydroxyl groups is 1. The predicted molar refractivity (Wildman–Crippen MR) is 286 cm³/mol. The second kappa shape index (κ2) is 31.8. The van der Waals surface area contributed by atoms with Gasteiger partial charge < -0.3 is 57.1 Å². The summed E-state index contributed by atoms with van der Waals surface area (Å²) in [6, 6.07) is 8.54. The van der Waals surface area contributed by atoms with Crippen LogP contribution in [0.25, 0.3) is 11.1 Å². The fourth-order valence-corrected chi connectivity index (χ4v) is 8.48. The number of nitrogens with one attached hydrogen (secondary N) is 5. The maximum atomic E-state index is 15.1. The zero-order chi connectivity index (χ0) is 61.6. The van der Waals surface area contributed by atoms with E-state index < -0.39 is 107 Å². The van der Waals surface area contributed by atoms with Crippen molar-refractivity contribution in [3.8, 4) is 11.1 Å². The third-order valence-corrected chi connectivity index (χ3v) is 12.7. The van der Waals surface area contributed by atoms with E-state index in [0.29, 0.717) is 37.1 Å². The number of aliphatic hydroxyl groups excluding tert-OH is 1. The van der Waals surface area contributed by atoms with E-state index >= 15 is 4.39 Å². The minimum atomic E-state index is -5.08. The van der Waals surface area contributed by atoms with Crippen molar-refractivity contribution in [3.05, 3.63) is 95.8 Å². The van der Waals surface area contributed by atoms with Gasteiger partial charge >= 0.3 is 18.1 Å². The summed E-state index contributed by atoms with van der Waals surface area (Å²) in [5.74, 6) is -10.4. The number of carbonyl (C=O) groups is 10. The highest BCUT2D eigenvalue weighted by atomic mass is 19.4. The Morgan fingerprint density at radius 3 is 1.94 bits per heavy atom. The van der Waals surface area contributed by atoms with Crippen molar-refractivity contribution in [1.29, 1.82) is 0 Å². The number of hydrogen-bond acceptors (Lipinski definition) is 12. The summed E-state index contributed by atoms with van der Waals surface area (Å²) in [5.41, 5.74) is 7.42. The average Bonchev–Trinajstić information content (AvgIpc) is 4.18. The molecule has 1 aromatic heterocycles. The van der Waals surface area contributed by atoms with Gasteiger partial charge in [0.25, 0.3) is 11.8 Å². The molecule has 4 unspecified atom stereocenters. The summed E-state index contributed by atoms with van der Waals surface area (Å²) in [7, 11) is 0. The number of nitrogens with two attached hydrogens (primary N) is 1. The van der Waals surface area contributed by atoms with E-state index in [1.54, 1.807) is 26.1 Å². The van der Waals surface area contributed by atoms with Crippen LogP contribution in [0.1, 0.15) is 104 Å². The summed E-state index contributed by atoms with van der Waals surface area (Å²) in [6.45, 7) is 9.79. The van der Waals surface area contributed by atoms with E-state index in [9.17, 15) is 70.9 Å². The lowest BCUT2D eigenvalue weighted by Gasteiger charge is -2.41. The van der Waals surface area contributed by atoms with Crippen LogP contribution in [0.4, 0.5) is 22.0 Å². The van der Waals surface area contributed by atoms with Gasteiger partial charge in [-0.05, 0) is 73.8 Å². The SMILES string of the molecule is CC(NC(=O)[C@@H](NC(=O)CCCCCN1C(=O)C=CC1=O)C(C)C)C(=O)NC(CCC(=O)NCCNC(=O)C(N)CCN(C(=O)CO)C(c1cc(-c2cc(F)ccc2F)cn1Cc1ccccc1)C(C)(C)C)C(=O)O.O=C(O)C(F)(F)F. The number of carboxylic acid groups (broad SMARTS) is 2. The lowest BCUT2D eigenvalue weighted by molar-refractivity contribution is -0.192. The molecule has 0 spiro atoms. The van der Waals surface area contributed by atoms with Gasteiger partial charge in [-0.2, -0.15) is 13.2 Å². The normalized spacial score (nSPS) is 14.1. The molecule has 8 amide bonds. The second-order valence-corrected chi connectivity index (χ2v) is 20.7. The molecule has 0 bridgehead atoms. The van der Waals surface area contributed by atoms with E-state index in [-0.39, 0.29) is 75.2 Å². The number of alkyl halides is 3. The van der Waals surface area contributed by atoms with E-state index in [0.717, 1.165) is 28.7 Å². The molecule has 4 rings (SSSR count). The van der Waals surface area contributed by atoms with Crippen LogP contribution in [0.15, 0.2) is 72.9 Å². The number of imide groups is 1. The van der Waals surface area contributed by atoms with Gasteiger partial charge in [0, 0.05) is 80.7 Å². The predicted octanol–water partition coefficient (Wildman–Crippen LogP) is 3.45. The van der Waals surface area contributed by atoms with Crippen molar-refractivity contribution in [2.75, 3.05) is 32.8 Å². The Morgan fingerprint density at radius 2 is 1.37 bits per heavy atom. The standard InChI is InChI=1S/C53H71F2N9O11.C2HF3O2/c1-32(2)47(61-43(67)15-11-8-12-25-63-44(68)20-21-45(63)69)51(73)59-33(3)49(71)60-40(52(74)75)18-19-42(66)57-23-24-58-50(72)39(56)22-26-64(46(70)31-65)48(53(4,5)6)41-27-35(37-28-36(54)16-17-38(37)55)30-62(41)29-34-13-9-7-10-14-34;3-2(4,5)1(6)7/h7,9-10,13-14,16-17,20-21,27-28,30,32-33,39-40,47-48,65H,8,11-12,15,18-19,22-26,29,31,56H2,1-6H3,(H,57,66)(H,58,72)(H,59,73)(H,60,71)(H,61,67)(H,74,75);(H,6,7)/t33?,39?,40?,47-,48?;/m0./s1. The summed E-state index contributed by atoms with van der Waals surface area (Å²) in [6.07, 6.45) is -0.179. The van der Waals surface area contributed by atoms with Crippen molar-refractivity contribution in [2.24, 2.45) is 17.1 Å². The zero-order valence-electron chi connectivity index (χ0n) is 46.3. The fourth-order valence-electron chi connectivity index (χ4n) is 8.48. The lowest BCUT2D eigenvalue weighted by Crippen LogP contribution is -2.56. The van der Waals surface area contributed by atoms with Crippen LogP contribution in [-0.4, -0.2) is 152 Å². The maximum Gasteiger partial charge on any atom is 0.490 e. The van der Waals surface area contributed by atoms with Crippen molar-refractivity contribution < 1.29 is 85.2 Å². The molecule has 82 heavy (non-hydrogen) atoms. The van der Waals surface area contributed by atoms with Crippen molar-refractivity contribution in [1.82, 2.24) is 41.0 Å². The number of aromatic nitrogens is 1. The van der Waals surface area contributed by atoms with Crippen molar-refractivity contribution in [2.45, 2.75) is 129 Å². The van der Waals surface area contributed by atoms with Crippen LogP contribution in [-0.2, 0) is 54.5 Å². The topological polar surface area (TPSA) is 329 Å². The molecule has 0 fully saturated rings. The van der Waals surface area contributed by atoms with Crippen LogP contribution in [0.2, 0.25) is 0 Å². The lowest BCUT2D eigenvalue weighted by atomic mass is 9.82. The van der Waals surface area contributed by atoms with E-state index in [1.807, 2.05) is 55.7 Å². The average molecular weight is 1160 g/mol. The Kier molecular flexibility index (Phi) is 26.4. The molecule has 450 valence electrons. The molecule has 3 aromatic rings. The minimum absolute atomic E-state index is 0.0186. The first-order chi connectivity index (χ1) is 38.3. The highest BCUT2D eigenvalue weighted by molar-refractivity contribution is 6.12. The number of aliphatic carboxylic acids is 2. The van der Waals surface area contributed by atoms with Crippen LogP contribution in [0.5, 0.6) is 0 Å². The Balaban J connectivity index is 0.00000236. The van der Waals surface area contributed by atoms with Gasteiger partial charge in [0.2, 0.25) is 35.4 Å². The molecule has 0 saturated carbocycles. The number of benzene rings is 2. The molecule has 5 atom stereocenters.